The SMILES string of the molecule is CCSc1nc2n(n1)C(c1cc(Br)c(OCCc3ccccc3)c(OC)c1)C(C(=O)Nc1cccc(C)c1C)=C(C)N2. The van der Waals surface area contributed by atoms with Crippen molar-refractivity contribution in [1.82, 2.24) is 14.8 Å². The summed E-state index contributed by atoms with van der Waals surface area (Å²) in [6.07, 6.45) is 0.761. The van der Waals surface area contributed by atoms with Crippen molar-refractivity contribution in [2.24, 2.45) is 0 Å². The highest BCUT2D eigenvalue weighted by Gasteiger charge is 2.35. The minimum Gasteiger partial charge on any atom is -0.493 e. The van der Waals surface area contributed by atoms with Crippen LogP contribution in [0.4, 0.5) is 11.6 Å². The molecule has 0 radical (unpaired) electrons. The number of rotatable bonds is 10. The molecule has 42 heavy (non-hydrogen) atoms. The highest BCUT2D eigenvalue weighted by Crippen LogP contribution is 2.43. The lowest BCUT2D eigenvalue weighted by Gasteiger charge is -2.29. The molecule has 1 amide bonds. The molecule has 10 heteroatoms. The number of aromatic nitrogens is 3. The molecule has 3 aromatic carbocycles. The molecule has 0 saturated carbocycles. The Hall–Kier alpha value is -3.76. The van der Waals surface area contributed by atoms with Crippen LogP contribution >= 0.6 is 27.7 Å². The number of ether oxygens (including phenoxy) is 2. The van der Waals surface area contributed by atoms with Crippen molar-refractivity contribution in [2.75, 3.05) is 30.1 Å². The second kappa shape index (κ2) is 13.0. The van der Waals surface area contributed by atoms with E-state index in [0.29, 0.717) is 40.5 Å². The number of hydrogen-bond acceptors (Lipinski definition) is 7. The zero-order chi connectivity index (χ0) is 29.8. The van der Waals surface area contributed by atoms with E-state index < -0.39 is 6.04 Å². The van der Waals surface area contributed by atoms with Gasteiger partial charge in [0, 0.05) is 17.8 Å². The van der Waals surface area contributed by atoms with Crippen LogP contribution in [0.15, 0.2) is 81.6 Å². The third kappa shape index (κ3) is 6.19. The first-order valence-corrected chi connectivity index (χ1v) is 15.6. The third-order valence-corrected chi connectivity index (χ3v) is 8.56. The minimum absolute atomic E-state index is 0.220. The summed E-state index contributed by atoms with van der Waals surface area (Å²) in [5, 5.41) is 11.9. The van der Waals surface area contributed by atoms with Crippen molar-refractivity contribution in [3.63, 3.8) is 0 Å². The monoisotopic (exact) mass is 647 g/mol. The zero-order valence-corrected chi connectivity index (χ0v) is 26.7. The summed E-state index contributed by atoms with van der Waals surface area (Å²) in [5.74, 6) is 2.35. The van der Waals surface area contributed by atoms with Gasteiger partial charge >= 0.3 is 0 Å². The Morgan fingerprint density at radius 3 is 2.64 bits per heavy atom. The number of hydrogen-bond donors (Lipinski definition) is 2. The Bertz CT molecular complexity index is 1640. The molecule has 1 aliphatic rings. The van der Waals surface area contributed by atoms with Crippen molar-refractivity contribution in [3.05, 3.63) is 98.7 Å². The van der Waals surface area contributed by atoms with Gasteiger partial charge in [0.1, 0.15) is 6.04 Å². The first kappa shape index (κ1) is 29.7. The van der Waals surface area contributed by atoms with Gasteiger partial charge in [-0.1, -0.05) is 61.2 Å². The number of amides is 1. The van der Waals surface area contributed by atoms with Gasteiger partial charge in [-0.15, -0.1) is 5.10 Å². The molecule has 2 heterocycles. The number of aryl methyl sites for hydroxylation is 1. The minimum atomic E-state index is -0.561. The second-order valence-electron chi connectivity index (χ2n) is 9.98. The summed E-state index contributed by atoms with van der Waals surface area (Å²) >= 11 is 5.27. The van der Waals surface area contributed by atoms with Gasteiger partial charge in [-0.05, 0) is 82.9 Å². The molecule has 0 fully saturated rings. The van der Waals surface area contributed by atoms with Crippen molar-refractivity contribution in [2.45, 2.75) is 45.3 Å². The van der Waals surface area contributed by atoms with Crippen molar-refractivity contribution >= 4 is 45.2 Å². The molecule has 1 aliphatic heterocycles. The van der Waals surface area contributed by atoms with E-state index in [4.69, 9.17) is 19.6 Å². The topological polar surface area (TPSA) is 90.3 Å². The molecule has 2 N–H and O–H groups in total. The van der Waals surface area contributed by atoms with Gasteiger partial charge < -0.3 is 20.1 Å². The fourth-order valence-electron chi connectivity index (χ4n) is 4.95. The molecule has 0 spiro atoms. The third-order valence-electron chi connectivity index (χ3n) is 7.25. The summed E-state index contributed by atoms with van der Waals surface area (Å²) in [4.78, 5) is 18.7. The fourth-order valence-corrected chi connectivity index (χ4v) is 6.08. The van der Waals surface area contributed by atoms with Crippen LogP contribution in [0.5, 0.6) is 11.5 Å². The quantitative estimate of drug-likeness (QED) is 0.174. The molecule has 0 saturated heterocycles. The zero-order valence-electron chi connectivity index (χ0n) is 24.3. The molecule has 1 unspecified atom stereocenters. The molecule has 0 bridgehead atoms. The predicted molar refractivity (Wildman–Crippen MR) is 172 cm³/mol. The van der Waals surface area contributed by atoms with E-state index in [9.17, 15) is 4.79 Å². The highest BCUT2D eigenvalue weighted by molar-refractivity contribution is 9.10. The van der Waals surface area contributed by atoms with E-state index >= 15 is 0 Å². The van der Waals surface area contributed by atoms with Gasteiger partial charge in [-0.25, -0.2) is 4.68 Å². The number of carbonyl (C=O) groups excluding carboxylic acids is 1. The fraction of sp³-hybridized carbons (Fsp3) is 0.281. The lowest BCUT2D eigenvalue weighted by Crippen LogP contribution is -2.31. The maximum Gasteiger partial charge on any atom is 0.255 e. The molecule has 1 aromatic heterocycles. The number of carbonyl (C=O) groups is 1. The molecular weight excluding hydrogens is 614 g/mol. The van der Waals surface area contributed by atoms with E-state index in [-0.39, 0.29) is 5.91 Å². The molecule has 8 nitrogen and oxygen atoms in total. The average Bonchev–Trinajstić information content (AvgIpc) is 3.37. The van der Waals surface area contributed by atoms with Crippen LogP contribution in [0.25, 0.3) is 0 Å². The van der Waals surface area contributed by atoms with Crippen LogP contribution in [-0.4, -0.2) is 40.1 Å². The van der Waals surface area contributed by atoms with Gasteiger partial charge in [-0.3, -0.25) is 4.79 Å². The average molecular weight is 649 g/mol. The van der Waals surface area contributed by atoms with E-state index in [2.05, 4.69) is 45.6 Å². The molecule has 0 aliphatic carbocycles. The highest BCUT2D eigenvalue weighted by atomic mass is 79.9. The van der Waals surface area contributed by atoms with Crippen molar-refractivity contribution < 1.29 is 14.3 Å². The van der Waals surface area contributed by atoms with Gasteiger partial charge in [-0.2, -0.15) is 4.98 Å². The molecule has 5 rings (SSSR count). The summed E-state index contributed by atoms with van der Waals surface area (Å²) < 4.78 is 14.5. The lowest BCUT2D eigenvalue weighted by atomic mass is 9.94. The Labute approximate surface area is 259 Å². The largest absolute Gasteiger partial charge is 0.493 e. The van der Waals surface area contributed by atoms with Crippen LogP contribution in [0.3, 0.4) is 0 Å². The summed E-state index contributed by atoms with van der Waals surface area (Å²) in [6.45, 7) is 8.47. The van der Waals surface area contributed by atoms with Gasteiger partial charge in [0.2, 0.25) is 11.1 Å². The standard InChI is InChI=1S/C32H34BrN5O3S/c1-6-42-32-36-31-34-21(4)27(30(39)35-25-14-10-11-19(2)20(25)3)28(38(31)37-32)23-17-24(33)29(26(18-23)40-5)41-16-15-22-12-8-7-9-13-22/h7-14,17-18,28H,6,15-16H2,1-5H3,(H,35,39)(H,34,36,37). The lowest BCUT2D eigenvalue weighted by molar-refractivity contribution is -0.113. The van der Waals surface area contributed by atoms with Crippen LogP contribution < -0.4 is 20.1 Å². The maximum absolute atomic E-state index is 14.0. The number of halogens is 1. The summed E-state index contributed by atoms with van der Waals surface area (Å²) in [5.41, 5.74) is 6.13. The van der Waals surface area contributed by atoms with Crippen molar-refractivity contribution in [1.29, 1.82) is 0 Å². The Kier molecular flexibility index (Phi) is 9.23. The van der Waals surface area contributed by atoms with Crippen LogP contribution in [-0.2, 0) is 11.2 Å². The van der Waals surface area contributed by atoms with Crippen molar-refractivity contribution in [3.8, 4) is 11.5 Å². The number of thioether (sulfide) groups is 1. The Morgan fingerprint density at radius 1 is 1.12 bits per heavy atom. The Morgan fingerprint density at radius 2 is 1.90 bits per heavy atom. The first-order chi connectivity index (χ1) is 20.3. The second-order valence-corrected chi connectivity index (χ2v) is 12.1. The number of nitrogens with one attached hydrogen (secondary N) is 2. The summed E-state index contributed by atoms with van der Waals surface area (Å²) in [7, 11) is 1.62. The predicted octanol–water partition coefficient (Wildman–Crippen LogP) is 7.33. The number of anilines is 2. The molecule has 4 aromatic rings. The van der Waals surface area contributed by atoms with E-state index in [0.717, 1.165) is 39.0 Å². The number of benzene rings is 3. The van der Waals surface area contributed by atoms with Crippen LogP contribution in [0, 0.1) is 13.8 Å². The summed E-state index contributed by atoms with van der Waals surface area (Å²) in [6, 6.07) is 19.4. The van der Waals surface area contributed by atoms with Gasteiger partial charge in [0.25, 0.3) is 5.91 Å². The van der Waals surface area contributed by atoms with Gasteiger partial charge in [0.05, 0.1) is 23.8 Å². The van der Waals surface area contributed by atoms with Gasteiger partial charge in [0.15, 0.2) is 11.5 Å². The first-order valence-electron chi connectivity index (χ1n) is 13.8. The van der Waals surface area contributed by atoms with E-state index in [1.807, 2.05) is 69.3 Å². The number of methoxy groups -OCH3 is 1. The number of nitrogens with zero attached hydrogens (tertiary/aromatic N) is 3. The Balaban J connectivity index is 1.53. The maximum atomic E-state index is 14.0. The van der Waals surface area contributed by atoms with Crippen LogP contribution in [0.1, 0.15) is 42.1 Å². The number of allylic oxidation sites excluding steroid dienone is 1. The van der Waals surface area contributed by atoms with Crippen LogP contribution in [0.2, 0.25) is 0 Å². The normalized spacial score (nSPS) is 14.3. The smallest absolute Gasteiger partial charge is 0.255 e. The van der Waals surface area contributed by atoms with E-state index in [1.54, 1.807) is 23.6 Å². The molecule has 218 valence electrons. The molecular formula is C32H34BrN5O3S. The number of fused-ring (bicyclic) bond motifs is 1. The molecule has 1 atom stereocenters. The van der Waals surface area contributed by atoms with E-state index in [1.165, 1.54) is 5.56 Å².